The Morgan fingerprint density at radius 2 is 1.86 bits per heavy atom. The summed E-state index contributed by atoms with van der Waals surface area (Å²) in [7, 11) is 2.17. The maximum Gasteiger partial charge on any atom is 0.292 e. The fourth-order valence-electron chi connectivity index (χ4n) is 3.29. The molecule has 2 amide bonds. The molecule has 2 aliphatic heterocycles. The summed E-state index contributed by atoms with van der Waals surface area (Å²) in [5.41, 5.74) is 1.53. The van der Waals surface area contributed by atoms with E-state index in [1.165, 1.54) is 14.7 Å². The monoisotopic (exact) mass is 323 g/mol. The maximum atomic E-state index is 12.7. The van der Waals surface area contributed by atoms with Crippen molar-refractivity contribution in [3.05, 3.63) is 28.8 Å². The van der Waals surface area contributed by atoms with Crippen molar-refractivity contribution in [2.24, 2.45) is 0 Å². The number of halogens is 1. The second-order valence-electron chi connectivity index (χ2n) is 6.37. The average Bonchev–Trinajstić information content (AvgIpc) is 2.78. The van der Waals surface area contributed by atoms with Crippen LogP contribution in [0.3, 0.4) is 0 Å². The molecule has 0 unspecified atom stereocenters. The molecule has 2 N–H and O–H groups in total. The lowest BCUT2D eigenvalue weighted by Crippen LogP contribution is -3.29. The third-order valence-electron chi connectivity index (χ3n) is 4.80. The van der Waals surface area contributed by atoms with Crippen molar-refractivity contribution in [2.45, 2.75) is 19.4 Å². The number of benzene rings is 1. The van der Waals surface area contributed by atoms with Crippen LogP contribution in [-0.4, -0.2) is 51.1 Å². The van der Waals surface area contributed by atoms with E-state index in [-0.39, 0.29) is 17.9 Å². The Morgan fingerprint density at radius 3 is 2.50 bits per heavy atom. The van der Waals surface area contributed by atoms with Crippen LogP contribution in [0.25, 0.3) is 0 Å². The lowest BCUT2D eigenvalue weighted by atomic mass is 10.2. The van der Waals surface area contributed by atoms with Crippen LogP contribution in [-0.2, 0) is 9.59 Å². The van der Waals surface area contributed by atoms with Crippen LogP contribution in [0.5, 0.6) is 0 Å². The number of imide groups is 1. The number of rotatable bonds is 2. The summed E-state index contributed by atoms with van der Waals surface area (Å²) in [5.74, 6) is -0.201. The van der Waals surface area contributed by atoms with Gasteiger partial charge in [-0.3, -0.25) is 9.59 Å². The number of nitrogens with one attached hydrogen (secondary N) is 2. The van der Waals surface area contributed by atoms with Crippen LogP contribution in [0.2, 0.25) is 5.02 Å². The highest BCUT2D eigenvalue weighted by atomic mass is 35.5. The molecule has 1 aromatic carbocycles. The second-order valence-corrected chi connectivity index (χ2v) is 6.78. The van der Waals surface area contributed by atoms with Crippen LogP contribution >= 0.6 is 11.6 Å². The standard InChI is InChI=1S/C16H20ClN3O2/c1-11-3-4-12(9-13(11)17)20-15(21)10-14(16(20)22)19-7-5-18(2)6-8-19/h3-4,9,14H,5-8,10H2,1-2H3/p+2/t14-/m0/s1. The zero-order chi connectivity index (χ0) is 15.9. The topological polar surface area (TPSA) is 46.3 Å². The number of aryl methyl sites for hydroxylation is 1. The lowest BCUT2D eigenvalue weighted by Gasteiger charge is -2.30. The minimum atomic E-state index is -0.235. The summed E-state index contributed by atoms with van der Waals surface area (Å²) in [4.78, 5) is 29.1. The van der Waals surface area contributed by atoms with E-state index < -0.39 is 0 Å². The molecular weight excluding hydrogens is 302 g/mol. The van der Waals surface area contributed by atoms with E-state index in [0.717, 1.165) is 31.7 Å². The molecule has 2 aliphatic rings. The number of likely N-dealkylation sites (N-methyl/N-ethyl adjacent to an activating group) is 1. The van der Waals surface area contributed by atoms with Crippen molar-refractivity contribution in [3.8, 4) is 0 Å². The Hall–Kier alpha value is -1.43. The van der Waals surface area contributed by atoms with Crippen molar-refractivity contribution in [1.29, 1.82) is 0 Å². The first-order chi connectivity index (χ1) is 10.5. The Balaban J connectivity index is 1.80. The van der Waals surface area contributed by atoms with Crippen molar-refractivity contribution < 1.29 is 19.4 Å². The largest absolute Gasteiger partial charge is 0.328 e. The second kappa shape index (κ2) is 5.99. The van der Waals surface area contributed by atoms with Gasteiger partial charge in [0, 0.05) is 5.02 Å². The normalized spacial score (nSPS) is 29.2. The Labute approximate surface area is 135 Å². The first-order valence-corrected chi connectivity index (χ1v) is 8.14. The summed E-state index contributed by atoms with van der Waals surface area (Å²) in [6.07, 6.45) is 0.304. The molecule has 1 aromatic rings. The molecule has 5 nitrogen and oxygen atoms in total. The summed E-state index contributed by atoms with van der Waals surface area (Å²) in [6, 6.07) is 5.11. The minimum absolute atomic E-state index is 0.0838. The van der Waals surface area contributed by atoms with Gasteiger partial charge in [-0.1, -0.05) is 17.7 Å². The predicted octanol–water partition coefficient (Wildman–Crippen LogP) is -1.31. The van der Waals surface area contributed by atoms with Crippen molar-refractivity contribution in [3.63, 3.8) is 0 Å². The van der Waals surface area contributed by atoms with E-state index in [1.807, 2.05) is 13.0 Å². The molecule has 2 fully saturated rings. The van der Waals surface area contributed by atoms with Gasteiger partial charge in [0.1, 0.15) is 26.2 Å². The maximum absolute atomic E-state index is 12.7. The van der Waals surface area contributed by atoms with Gasteiger partial charge in [-0.15, -0.1) is 0 Å². The van der Waals surface area contributed by atoms with Crippen molar-refractivity contribution >= 4 is 29.1 Å². The molecule has 6 heteroatoms. The summed E-state index contributed by atoms with van der Waals surface area (Å²) < 4.78 is 0. The molecule has 1 atom stereocenters. The fraction of sp³-hybridized carbons (Fsp3) is 0.500. The van der Waals surface area contributed by atoms with E-state index in [4.69, 9.17) is 11.6 Å². The SMILES string of the molecule is Cc1ccc(N2C(=O)C[C@H]([NH+]3CC[NH+](C)CC3)C2=O)cc1Cl. The van der Waals surface area contributed by atoms with Gasteiger partial charge in [0.15, 0.2) is 6.04 Å². The molecule has 118 valence electrons. The van der Waals surface area contributed by atoms with E-state index in [2.05, 4.69) is 7.05 Å². The highest BCUT2D eigenvalue weighted by Crippen LogP contribution is 2.26. The molecule has 22 heavy (non-hydrogen) atoms. The molecule has 0 aromatic heterocycles. The molecule has 3 rings (SSSR count). The average molecular weight is 324 g/mol. The Morgan fingerprint density at radius 1 is 1.18 bits per heavy atom. The number of amides is 2. The van der Waals surface area contributed by atoms with Gasteiger partial charge in [0.2, 0.25) is 5.91 Å². The van der Waals surface area contributed by atoms with Gasteiger partial charge in [-0.05, 0) is 24.6 Å². The van der Waals surface area contributed by atoms with Crippen LogP contribution in [0.15, 0.2) is 18.2 Å². The van der Waals surface area contributed by atoms with E-state index in [1.54, 1.807) is 12.1 Å². The molecule has 2 saturated heterocycles. The van der Waals surface area contributed by atoms with Gasteiger partial charge >= 0.3 is 0 Å². The van der Waals surface area contributed by atoms with E-state index in [0.29, 0.717) is 17.1 Å². The summed E-state index contributed by atoms with van der Waals surface area (Å²) in [6.45, 7) is 5.88. The number of nitrogens with zero attached hydrogens (tertiary/aromatic N) is 1. The number of anilines is 1. The van der Waals surface area contributed by atoms with E-state index >= 15 is 0 Å². The minimum Gasteiger partial charge on any atom is -0.328 e. The number of carbonyl (C=O) groups is 2. The number of hydrogen-bond donors (Lipinski definition) is 2. The quantitative estimate of drug-likeness (QED) is 0.664. The third kappa shape index (κ3) is 2.76. The van der Waals surface area contributed by atoms with Gasteiger partial charge in [0.25, 0.3) is 5.91 Å². The highest BCUT2D eigenvalue weighted by molar-refractivity contribution is 6.32. The number of piperazine rings is 1. The van der Waals surface area contributed by atoms with Crippen molar-refractivity contribution in [2.75, 3.05) is 38.1 Å². The van der Waals surface area contributed by atoms with Crippen LogP contribution in [0, 0.1) is 6.92 Å². The number of quaternary nitrogens is 2. The summed E-state index contributed by atoms with van der Waals surface area (Å²) in [5, 5.41) is 0.581. The van der Waals surface area contributed by atoms with Gasteiger partial charge < -0.3 is 9.80 Å². The first-order valence-electron chi connectivity index (χ1n) is 7.76. The van der Waals surface area contributed by atoms with Crippen LogP contribution in [0.1, 0.15) is 12.0 Å². The number of hydrogen-bond acceptors (Lipinski definition) is 2. The lowest BCUT2D eigenvalue weighted by molar-refractivity contribution is -1.01. The Kier molecular flexibility index (Phi) is 4.21. The molecule has 0 radical (unpaired) electrons. The smallest absolute Gasteiger partial charge is 0.292 e. The third-order valence-corrected chi connectivity index (χ3v) is 5.21. The molecule has 0 aliphatic carbocycles. The molecular formula is C16H22ClN3O2+2. The van der Waals surface area contributed by atoms with Crippen LogP contribution < -0.4 is 14.7 Å². The first kappa shape index (κ1) is 15.5. The molecule has 0 saturated carbocycles. The van der Waals surface area contributed by atoms with Gasteiger partial charge in [-0.2, -0.15) is 0 Å². The van der Waals surface area contributed by atoms with Gasteiger partial charge in [0.05, 0.1) is 19.2 Å². The van der Waals surface area contributed by atoms with Gasteiger partial charge in [-0.25, -0.2) is 4.90 Å². The highest BCUT2D eigenvalue weighted by Gasteiger charge is 2.46. The Bertz CT molecular complexity index is 611. The zero-order valence-electron chi connectivity index (χ0n) is 13.0. The fourth-order valence-corrected chi connectivity index (χ4v) is 3.46. The number of carbonyl (C=O) groups excluding carboxylic acids is 2. The van der Waals surface area contributed by atoms with Crippen LogP contribution in [0.4, 0.5) is 5.69 Å². The summed E-state index contributed by atoms with van der Waals surface area (Å²) >= 11 is 6.13. The van der Waals surface area contributed by atoms with Crippen molar-refractivity contribution in [1.82, 2.24) is 0 Å². The van der Waals surface area contributed by atoms with E-state index in [9.17, 15) is 9.59 Å². The molecule has 2 heterocycles. The molecule has 0 bridgehead atoms. The zero-order valence-corrected chi connectivity index (χ0v) is 13.7. The predicted molar refractivity (Wildman–Crippen MR) is 84.4 cm³/mol. The molecule has 0 spiro atoms.